The third-order valence-corrected chi connectivity index (χ3v) is 4.81. The molecule has 2 aromatic rings. The molecule has 0 N–H and O–H groups in total. The van der Waals surface area contributed by atoms with E-state index in [0.29, 0.717) is 5.92 Å². The number of hydrogen-bond donors (Lipinski definition) is 0. The molecule has 18 heavy (non-hydrogen) atoms. The van der Waals surface area contributed by atoms with Crippen LogP contribution >= 0.6 is 38.9 Å². The van der Waals surface area contributed by atoms with E-state index < -0.39 is 0 Å². The van der Waals surface area contributed by atoms with Crippen LogP contribution in [0.15, 0.2) is 29.6 Å². The van der Waals surface area contributed by atoms with Crippen LogP contribution in [0, 0.1) is 12.8 Å². The minimum Gasteiger partial charge on any atom is -0.247 e. The standard InChI is InChI=1S/C14H15BrClNS/c1-10-17-14(9-18-10)7-12(8-15)6-11-2-4-13(16)5-3-11/h2-5,9,12H,6-8H2,1H3. The molecule has 1 aromatic carbocycles. The average molecular weight is 345 g/mol. The molecular formula is C14H15BrClNS. The van der Waals surface area contributed by atoms with Gasteiger partial charge in [0, 0.05) is 15.7 Å². The molecule has 4 heteroatoms. The highest BCUT2D eigenvalue weighted by Crippen LogP contribution is 2.19. The van der Waals surface area contributed by atoms with Crippen LogP contribution in [0.4, 0.5) is 0 Å². The number of nitrogens with zero attached hydrogens (tertiary/aromatic N) is 1. The van der Waals surface area contributed by atoms with Crippen molar-refractivity contribution in [1.82, 2.24) is 4.98 Å². The van der Waals surface area contributed by atoms with Gasteiger partial charge in [0.2, 0.25) is 0 Å². The maximum absolute atomic E-state index is 5.90. The summed E-state index contributed by atoms with van der Waals surface area (Å²) in [5, 5.41) is 5.09. The van der Waals surface area contributed by atoms with E-state index >= 15 is 0 Å². The van der Waals surface area contributed by atoms with Crippen LogP contribution in [0.5, 0.6) is 0 Å². The summed E-state index contributed by atoms with van der Waals surface area (Å²) in [6, 6.07) is 8.11. The third-order valence-electron chi connectivity index (χ3n) is 2.82. The fraction of sp³-hybridized carbons (Fsp3) is 0.357. The molecular weight excluding hydrogens is 330 g/mol. The second-order valence-electron chi connectivity index (χ2n) is 4.41. The van der Waals surface area contributed by atoms with Gasteiger partial charge in [-0.2, -0.15) is 0 Å². The molecule has 0 fully saturated rings. The zero-order valence-electron chi connectivity index (χ0n) is 10.2. The second-order valence-corrected chi connectivity index (χ2v) is 6.56. The molecule has 1 aromatic heterocycles. The van der Waals surface area contributed by atoms with Gasteiger partial charge < -0.3 is 0 Å². The molecule has 0 spiro atoms. The molecule has 0 radical (unpaired) electrons. The minimum atomic E-state index is 0.577. The largest absolute Gasteiger partial charge is 0.247 e. The Morgan fingerprint density at radius 2 is 2.00 bits per heavy atom. The van der Waals surface area contributed by atoms with Gasteiger partial charge in [0.25, 0.3) is 0 Å². The summed E-state index contributed by atoms with van der Waals surface area (Å²) in [5.74, 6) is 0.577. The van der Waals surface area contributed by atoms with E-state index in [1.54, 1.807) is 11.3 Å². The monoisotopic (exact) mass is 343 g/mol. The maximum Gasteiger partial charge on any atom is 0.0897 e. The molecule has 0 amide bonds. The van der Waals surface area contributed by atoms with E-state index in [2.05, 4.69) is 45.4 Å². The fourth-order valence-electron chi connectivity index (χ4n) is 1.93. The normalized spacial score (nSPS) is 12.6. The van der Waals surface area contributed by atoms with E-state index in [-0.39, 0.29) is 0 Å². The summed E-state index contributed by atoms with van der Waals surface area (Å²) in [6.07, 6.45) is 2.08. The smallest absolute Gasteiger partial charge is 0.0897 e. The van der Waals surface area contributed by atoms with Crippen LogP contribution < -0.4 is 0 Å². The Hall–Kier alpha value is -0.380. The molecule has 1 heterocycles. The van der Waals surface area contributed by atoms with Crippen LogP contribution in [0.25, 0.3) is 0 Å². The van der Waals surface area contributed by atoms with Crippen molar-refractivity contribution in [2.75, 3.05) is 5.33 Å². The Morgan fingerprint density at radius 3 is 2.56 bits per heavy atom. The maximum atomic E-state index is 5.90. The van der Waals surface area contributed by atoms with E-state index in [1.165, 1.54) is 11.3 Å². The molecule has 2 rings (SSSR count). The Labute approximate surface area is 125 Å². The number of aromatic nitrogens is 1. The summed E-state index contributed by atoms with van der Waals surface area (Å²) >= 11 is 11.2. The second kappa shape index (κ2) is 6.69. The topological polar surface area (TPSA) is 12.9 Å². The Balaban J connectivity index is 1.99. The first kappa shape index (κ1) is 14.0. The number of alkyl halides is 1. The number of halogens is 2. The predicted molar refractivity (Wildman–Crippen MR) is 83.0 cm³/mol. The van der Waals surface area contributed by atoms with Crippen molar-refractivity contribution < 1.29 is 0 Å². The van der Waals surface area contributed by atoms with Gasteiger partial charge in [0.1, 0.15) is 0 Å². The summed E-state index contributed by atoms with van der Waals surface area (Å²) in [5.41, 5.74) is 2.53. The first-order chi connectivity index (χ1) is 8.67. The van der Waals surface area contributed by atoms with Gasteiger partial charge in [-0.05, 0) is 43.4 Å². The van der Waals surface area contributed by atoms with Crippen molar-refractivity contribution in [2.45, 2.75) is 19.8 Å². The molecule has 0 saturated heterocycles. The van der Waals surface area contributed by atoms with E-state index in [4.69, 9.17) is 11.6 Å². The zero-order chi connectivity index (χ0) is 13.0. The van der Waals surface area contributed by atoms with E-state index in [9.17, 15) is 0 Å². The van der Waals surface area contributed by atoms with Crippen molar-refractivity contribution in [3.8, 4) is 0 Å². The van der Waals surface area contributed by atoms with Crippen LogP contribution in [-0.4, -0.2) is 10.3 Å². The number of rotatable bonds is 5. The lowest BCUT2D eigenvalue weighted by molar-refractivity contribution is 0.584. The highest BCUT2D eigenvalue weighted by atomic mass is 79.9. The lowest BCUT2D eigenvalue weighted by Gasteiger charge is -2.12. The lowest BCUT2D eigenvalue weighted by atomic mass is 9.97. The fourth-order valence-corrected chi connectivity index (χ4v) is 3.14. The first-order valence-electron chi connectivity index (χ1n) is 5.89. The van der Waals surface area contributed by atoms with Crippen LogP contribution in [-0.2, 0) is 12.8 Å². The van der Waals surface area contributed by atoms with Crippen molar-refractivity contribution in [3.05, 3.63) is 50.9 Å². The van der Waals surface area contributed by atoms with Gasteiger partial charge in [0.05, 0.1) is 10.7 Å². The van der Waals surface area contributed by atoms with Crippen LogP contribution in [0.2, 0.25) is 5.02 Å². The molecule has 0 aliphatic heterocycles. The van der Waals surface area contributed by atoms with Gasteiger partial charge in [-0.25, -0.2) is 4.98 Å². The van der Waals surface area contributed by atoms with Crippen LogP contribution in [0.3, 0.4) is 0 Å². The Bertz CT molecular complexity index is 495. The Kier molecular flexibility index (Phi) is 5.22. The molecule has 0 aliphatic rings. The molecule has 0 aliphatic carbocycles. The quantitative estimate of drug-likeness (QED) is 0.703. The number of benzene rings is 1. The predicted octanol–water partition coefficient (Wildman–Crippen LogP) is 4.90. The van der Waals surface area contributed by atoms with Gasteiger partial charge >= 0.3 is 0 Å². The van der Waals surface area contributed by atoms with Gasteiger partial charge in [-0.3, -0.25) is 0 Å². The average Bonchev–Trinajstić information content (AvgIpc) is 2.77. The van der Waals surface area contributed by atoms with E-state index in [1.807, 2.05) is 12.1 Å². The highest BCUT2D eigenvalue weighted by molar-refractivity contribution is 9.09. The molecule has 0 bridgehead atoms. The zero-order valence-corrected chi connectivity index (χ0v) is 13.4. The van der Waals surface area contributed by atoms with E-state index in [0.717, 1.165) is 28.2 Å². The number of aryl methyl sites for hydroxylation is 1. The SMILES string of the molecule is Cc1nc(CC(CBr)Cc2ccc(Cl)cc2)cs1. The third kappa shape index (κ3) is 4.08. The first-order valence-corrected chi connectivity index (χ1v) is 8.26. The lowest BCUT2D eigenvalue weighted by Crippen LogP contribution is -2.10. The summed E-state index contributed by atoms with van der Waals surface area (Å²) < 4.78 is 0. The molecule has 1 unspecified atom stereocenters. The minimum absolute atomic E-state index is 0.577. The Morgan fingerprint density at radius 1 is 1.28 bits per heavy atom. The highest BCUT2D eigenvalue weighted by Gasteiger charge is 2.11. The van der Waals surface area contributed by atoms with Crippen molar-refractivity contribution >= 4 is 38.9 Å². The van der Waals surface area contributed by atoms with Crippen molar-refractivity contribution in [3.63, 3.8) is 0 Å². The van der Waals surface area contributed by atoms with Crippen molar-refractivity contribution in [1.29, 1.82) is 0 Å². The molecule has 0 saturated carbocycles. The summed E-state index contributed by atoms with van der Waals surface area (Å²) in [4.78, 5) is 4.53. The van der Waals surface area contributed by atoms with Gasteiger partial charge in [-0.15, -0.1) is 11.3 Å². The van der Waals surface area contributed by atoms with Gasteiger partial charge in [0.15, 0.2) is 0 Å². The summed E-state index contributed by atoms with van der Waals surface area (Å²) in [7, 11) is 0. The molecule has 96 valence electrons. The number of thiazole rings is 1. The summed E-state index contributed by atoms with van der Waals surface area (Å²) in [6.45, 7) is 2.05. The number of hydrogen-bond acceptors (Lipinski definition) is 2. The molecule has 1 atom stereocenters. The van der Waals surface area contributed by atoms with Crippen LogP contribution in [0.1, 0.15) is 16.3 Å². The van der Waals surface area contributed by atoms with Crippen molar-refractivity contribution in [2.24, 2.45) is 5.92 Å². The van der Waals surface area contributed by atoms with Gasteiger partial charge in [-0.1, -0.05) is 39.7 Å². The molecule has 1 nitrogen and oxygen atoms in total.